The molecule has 2 atom stereocenters. The summed E-state index contributed by atoms with van der Waals surface area (Å²) in [4.78, 5) is 33.8. The lowest BCUT2D eigenvalue weighted by Gasteiger charge is -2.34. The number of hydrogen-bond acceptors (Lipinski definition) is 5. The first-order valence-electron chi connectivity index (χ1n) is 8.39. The molecule has 0 saturated heterocycles. The zero-order valence-corrected chi connectivity index (χ0v) is 14.4. The van der Waals surface area contributed by atoms with E-state index in [1.54, 1.807) is 0 Å². The number of amides is 2. The average Bonchev–Trinajstić information content (AvgIpc) is 3.31. The fourth-order valence-electron chi connectivity index (χ4n) is 3.52. The summed E-state index contributed by atoms with van der Waals surface area (Å²) in [6, 6.07) is 4.46. The summed E-state index contributed by atoms with van der Waals surface area (Å²) in [6.07, 6.45) is 1.23. The molecule has 1 aromatic heterocycles. The third-order valence-electron chi connectivity index (χ3n) is 5.01. The number of nitrogens with zero attached hydrogens (tertiary/aromatic N) is 4. The SMILES string of the molecule is [B]c1ccc2c(c1F)[C@]1(CC1F)CN(CC(=O)Nc1ncc(C#N)cn1)C2=O.[HH]. The molecule has 2 heterocycles. The van der Waals surface area contributed by atoms with Gasteiger partial charge in [0.25, 0.3) is 5.91 Å². The van der Waals surface area contributed by atoms with Crippen LogP contribution in [-0.4, -0.2) is 53.8 Å². The first-order chi connectivity index (χ1) is 13.4. The van der Waals surface area contributed by atoms with E-state index in [2.05, 4.69) is 15.3 Å². The summed E-state index contributed by atoms with van der Waals surface area (Å²) in [6.45, 7) is -0.496. The number of halogens is 2. The molecule has 1 aromatic carbocycles. The van der Waals surface area contributed by atoms with E-state index in [1.165, 1.54) is 29.4 Å². The van der Waals surface area contributed by atoms with Crippen LogP contribution < -0.4 is 10.8 Å². The minimum atomic E-state index is -1.32. The second-order valence-corrected chi connectivity index (χ2v) is 6.84. The van der Waals surface area contributed by atoms with Gasteiger partial charge in [-0.25, -0.2) is 18.7 Å². The van der Waals surface area contributed by atoms with Gasteiger partial charge in [0.1, 0.15) is 32.4 Å². The van der Waals surface area contributed by atoms with Gasteiger partial charge < -0.3 is 4.90 Å². The van der Waals surface area contributed by atoms with Gasteiger partial charge >= 0.3 is 0 Å². The van der Waals surface area contributed by atoms with Crippen molar-refractivity contribution in [2.45, 2.75) is 18.0 Å². The van der Waals surface area contributed by atoms with Crippen LogP contribution in [0, 0.1) is 17.1 Å². The average molecular weight is 381 g/mol. The number of anilines is 1. The van der Waals surface area contributed by atoms with Crippen molar-refractivity contribution in [3.63, 3.8) is 0 Å². The van der Waals surface area contributed by atoms with Crippen molar-refractivity contribution in [1.29, 1.82) is 5.26 Å². The summed E-state index contributed by atoms with van der Waals surface area (Å²) in [5, 5.41) is 11.1. The fourth-order valence-corrected chi connectivity index (χ4v) is 3.52. The van der Waals surface area contributed by atoms with Crippen LogP contribution in [0.1, 0.15) is 29.3 Å². The normalized spacial score (nSPS) is 22.5. The van der Waals surface area contributed by atoms with Gasteiger partial charge in [-0.05, 0) is 12.5 Å². The molecule has 10 heteroatoms. The van der Waals surface area contributed by atoms with Crippen molar-refractivity contribution in [1.82, 2.24) is 14.9 Å². The van der Waals surface area contributed by atoms with Crippen LogP contribution in [0.4, 0.5) is 14.7 Å². The van der Waals surface area contributed by atoms with Crippen molar-refractivity contribution in [3.05, 3.63) is 47.0 Å². The molecule has 2 radical (unpaired) electrons. The lowest BCUT2D eigenvalue weighted by Crippen LogP contribution is -2.48. The van der Waals surface area contributed by atoms with Gasteiger partial charge in [0.2, 0.25) is 11.9 Å². The van der Waals surface area contributed by atoms with Crippen molar-refractivity contribution >= 4 is 31.1 Å². The Morgan fingerprint density at radius 3 is 2.75 bits per heavy atom. The van der Waals surface area contributed by atoms with Crippen molar-refractivity contribution < 1.29 is 19.8 Å². The van der Waals surface area contributed by atoms with E-state index in [0.29, 0.717) is 0 Å². The van der Waals surface area contributed by atoms with Gasteiger partial charge in [-0.15, -0.1) is 0 Å². The molecule has 4 rings (SSSR count). The summed E-state index contributed by atoms with van der Waals surface area (Å²) in [7, 11) is 5.59. The maximum atomic E-state index is 14.5. The Hall–Kier alpha value is -3.35. The number of benzene rings is 1. The Bertz CT molecular complexity index is 1050. The standard InChI is InChI=1S/C18H12BF2N5O2.H2/c19-11-2-1-10-14(15(11)21)18(3-12(18)20)8-26(16(10)28)7-13(27)25-17-23-5-9(4-22)6-24-17;/h1-2,5-6,12H,3,7-8H2,(H,23,24,25,27);1H/t12?,18-;/m1./s1. The lowest BCUT2D eigenvalue weighted by atomic mass is 9.81. The number of rotatable bonds is 3. The largest absolute Gasteiger partial charge is 0.328 e. The van der Waals surface area contributed by atoms with Crippen LogP contribution in [0.2, 0.25) is 0 Å². The number of fused-ring (bicyclic) bond motifs is 2. The van der Waals surface area contributed by atoms with Crippen LogP contribution in [0.25, 0.3) is 0 Å². The van der Waals surface area contributed by atoms with E-state index >= 15 is 0 Å². The van der Waals surface area contributed by atoms with Crippen LogP contribution in [-0.2, 0) is 10.2 Å². The number of alkyl halides is 1. The number of hydrogen-bond donors (Lipinski definition) is 1. The molecule has 1 saturated carbocycles. The predicted octanol–water partition coefficient (Wildman–Crippen LogP) is 0.601. The molecule has 28 heavy (non-hydrogen) atoms. The highest BCUT2D eigenvalue weighted by molar-refractivity contribution is 6.32. The van der Waals surface area contributed by atoms with E-state index in [9.17, 15) is 18.4 Å². The molecule has 1 N–H and O–H groups in total. The Morgan fingerprint density at radius 2 is 2.14 bits per heavy atom. The molecule has 0 bridgehead atoms. The number of carbonyl (C=O) groups is 2. The van der Waals surface area contributed by atoms with E-state index in [1.807, 2.05) is 6.07 Å². The smallest absolute Gasteiger partial charge is 0.254 e. The van der Waals surface area contributed by atoms with Gasteiger partial charge in [0.15, 0.2) is 0 Å². The highest BCUT2D eigenvalue weighted by Gasteiger charge is 2.62. The second kappa shape index (κ2) is 6.37. The molecule has 1 unspecified atom stereocenters. The molecule has 1 fully saturated rings. The van der Waals surface area contributed by atoms with Crippen molar-refractivity contribution in [3.8, 4) is 6.07 Å². The Labute approximate surface area is 161 Å². The molecule has 7 nitrogen and oxygen atoms in total. The summed E-state index contributed by atoms with van der Waals surface area (Å²) in [5.74, 6) is -1.98. The van der Waals surface area contributed by atoms with E-state index in [-0.39, 0.29) is 49.0 Å². The molecule has 1 aliphatic carbocycles. The number of nitrogens with one attached hydrogen (secondary N) is 1. The van der Waals surface area contributed by atoms with Crippen LogP contribution >= 0.6 is 0 Å². The minimum Gasteiger partial charge on any atom is -0.328 e. The second-order valence-electron chi connectivity index (χ2n) is 6.84. The van der Waals surface area contributed by atoms with E-state index in [4.69, 9.17) is 13.1 Å². The molecule has 140 valence electrons. The molecule has 2 aliphatic rings. The lowest BCUT2D eigenvalue weighted by molar-refractivity contribution is -0.117. The maximum absolute atomic E-state index is 14.5. The van der Waals surface area contributed by atoms with Crippen LogP contribution in [0.5, 0.6) is 0 Å². The Balaban J connectivity index is 0.00000240. The van der Waals surface area contributed by atoms with Crippen molar-refractivity contribution in [2.24, 2.45) is 0 Å². The first-order valence-corrected chi connectivity index (χ1v) is 8.39. The van der Waals surface area contributed by atoms with Crippen LogP contribution in [0.15, 0.2) is 24.5 Å². The zero-order valence-electron chi connectivity index (χ0n) is 14.4. The van der Waals surface area contributed by atoms with E-state index in [0.717, 1.165) is 0 Å². The predicted molar refractivity (Wildman–Crippen MR) is 96.4 cm³/mol. The summed E-state index contributed by atoms with van der Waals surface area (Å²) >= 11 is 0. The van der Waals surface area contributed by atoms with Gasteiger partial charge in [-0.3, -0.25) is 14.9 Å². The fraction of sp³-hybridized carbons (Fsp3) is 0.278. The number of aromatic nitrogens is 2. The van der Waals surface area contributed by atoms with Crippen LogP contribution in [0.3, 0.4) is 0 Å². The zero-order chi connectivity index (χ0) is 20.1. The topological polar surface area (TPSA) is 99.0 Å². The molecule has 2 aromatic rings. The molecule has 1 aliphatic heterocycles. The minimum absolute atomic E-state index is 0. The monoisotopic (exact) mass is 381 g/mol. The number of nitriles is 1. The first kappa shape index (κ1) is 18.0. The third-order valence-corrected chi connectivity index (χ3v) is 5.01. The highest BCUT2D eigenvalue weighted by Crippen LogP contribution is 2.55. The molecule has 1 spiro atoms. The van der Waals surface area contributed by atoms with Gasteiger partial charge in [-0.1, -0.05) is 11.5 Å². The van der Waals surface area contributed by atoms with E-state index < -0.39 is 29.2 Å². The summed E-state index contributed by atoms with van der Waals surface area (Å²) < 4.78 is 28.7. The van der Waals surface area contributed by atoms with Gasteiger partial charge in [-0.2, -0.15) is 5.26 Å². The molecule has 2 amide bonds. The quantitative estimate of drug-likeness (QED) is 0.786. The van der Waals surface area contributed by atoms with Gasteiger partial charge in [0, 0.05) is 19.1 Å². The maximum Gasteiger partial charge on any atom is 0.254 e. The Kier molecular flexibility index (Phi) is 4.10. The third kappa shape index (κ3) is 2.79. The highest BCUT2D eigenvalue weighted by atomic mass is 19.1. The number of carbonyl (C=O) groups excluding carboxylic acids is 2. The summed E-state index contributed by atoms with van der Waals surface area (Å²) in [5.41, 5.74) is -1.08. The van der Waals surface area contributed by atoms with Crippen molar-refractivity contribution in [2.75, 3.05) is 18.4 Å². The van der Waals surface area contributed by atoms with Gasteiger partial charge in [0.05, 0.1) is 23.4 Å². The molecular weight excluding hydrogens is 367 g/mol. The molecular formula is C18H14BF2N5O2. The Morgan fingerprint density at radius 1 is 1.46 bits per heavy atom.